The van der Waals surface area contributed by atoms with E-state index in [1.54, 1.807) is 0 Å². The van der Waals surface area contributed by atoms with E-state index >= 15 is 0 Å². The summed E-state index contributed by atoms with van der Waals surface area (Å²) in [6.07, 6.45) is 7.30. The number of carbonyl (C=O) groups excluding carboxylic acids is 1. The average molecular weight is 307 g/mol. The minimum absolute atomic E-state index is 0.0745. The standard InChI is InChI=1S/C17H25NO2S/c1-2-20-16-11-7-6-10-15(16)18-17(19)12-13-21-14-8-4-3-5-9-14/h6-7,10-11,14H,2-5,8-9,12-13H2,1H3,(H,18,19). The van der Waals surface area contributed by atoms with E-state index in [4.69, 9.17) is 4.74 Å². The molecular formula is C17H25NO2S. The van der Waals surface area contributed by atoms with Crippen LogP contribution in [-0.2, 0) is 4.79 Å². The monoisotopic (exact) mass is 307 g/mol. The summed E-state index contributed by atoms with van der Waals surface area (Å²) in [6, 6.07) is 7.60. The lowest BCUT2D eigenvalue weighted by atomic mass is 10.0. The molecule has 1 saturated carbocycles. The Labute approximate surface area is 131 Å². The minimum Gasteiger partial charge on any atom is -0.492 e. The zero-order chi connectivity index (χ0) is 14.9. The molecule has 0 saturated heterocycles. The molecule has 116 valence electrons. The summed E-state index contributed by atoms with van der Waals surface area (Å²) in [4.78, 5) is 12.0. The summed E-state index contributed by atoms with van der Waals surface area (Å²) < 4.78 is 5.52. The van der Waals surface area contributed by atoms with E-state index in [0.717, 1.165) is 22.4 Å². The smallest absolute Gasteiger partial charge is 0.225 e. The van der Waals surface area contributed by atoms with Gasteiger partial charge >= 0.3 is 0 Å². The molecule has 1 fully saturated rings. The van der Waals surface area contributed by atoms with E-state index in [1.807, 2.05) is 43.0 Å². The molecule has 0 radical (unpaired) electrons. The zero-order valence-corrected chi connectivity index (χ0v) is 13.6. The number of anilines is 1. The first-order valence-electron chi connectivity index (χ1n) is 7.93. The zero-order valence-electron chi connectivity index (χ0n) is 12.8. The summed E-state index contributed by atoms with van der Waals surface area (Å²) in [5.74, 6) is 1.73. The van der Waals surface area contributed by atoms with Crippen molar-refractivity contribution in [3.8, 4) is 5.75 Å². The molecule has 1 aliphatic rings. The molecule has 2 rings (SSSR count). The Morgan fingerprint density at radius 3 is 2.81 bits per heavy atom. The summed E-state index contributed by atoms with van der Waals surface area (Å²) in [5, 5.41) is 3.72. The van der Waals surface area contributed by atoms with Gasteiger partial charge in [-0.25, -0.2) is 0 Å². The van der Waals surface area contributed by atoms with Crippen LogP contribution in [0.1, 0.15) is 45.4 Å². The first-order chi connectivity index (χ1) is 10.3. The fourth-order valence-corrected chi connectivity index (χ4v) is 3.92. The molecule has 0 atom stereocenters. The van der Waals surface area contributed by atoms with Gasteiger partial charge in [-0.15, -0.1) is 0 Å². The predicted molar refractivity (Wildman–Crippen MR) is 90.2 cm³/mol. The summed E-state index contributed by atoms with van der Waals surface area (Å²) in [7, 11) is 0. The molecule has 0 aliphatic heterocycles. The van der Waals surface area contributed by atoms with Crippen LogP contribution in [0, 0.1) is 0 Å². The molecule has 0 bridgehead atoms. The number of rotatable bonds is 7. The maximum atomic E-state index is 12.0. The molecule has 1 amide bonds. The molecule has 1 aromatic rings. The van der Waals surface area contributed by atoms with Gasteiger partial charge in [0.2, 0.25) is 5.91 Å². The van der Waals surface area contributed by atoms with Crippen molar-refractivity contribution in [1.29, 1.82) is 0 Å². The maximum Gasteiger partial charge on any atom is 0.225 e. The van der Waals surface area contributed by atoms with Crippen molar-refractivity contribution in [3.05, 3.63) is 24.3 Å². The fraction of sp³-hybridized carbons (Fsp3) is 0.588. The third-order valence-electron chi connectivity index (χ3n) is 3.70. The second kappa shape index (κ2) is 8.98. The summed E-state index contributed by atoms with van der Waals surface area (Å²) in [5.41, 5.74) is 0.770. The number of para-hydroxylation sites is 2. The largest absolute Gasteiger partial charge is 0.492 e. The number of thioether (sulfide) groups is 1. The van der Waals surface area contributed by atoms with Crippen LogP contribution in [0.4, 0.5) is 5.69 Å². The van der Waals surface area contributed by atoms with E-state index in [-0.39, 0.29) is 5.91 Å². The van der Waals surface area contributed by atoms with Gasteiger partial charge in [-0.05, 0) is 31.9 Å². The van der Waals surface area contributed by atoms with Gasteiger partial charge in [0.05, 0.1) is 12.3 Å². The van der Waals surface area contributed by atoms with E-state index in [1.165, 1.54) is 32.1 Å². The van der Waals surface area contributed by atoms with Crippen LogP contribution in [0.5, 0.6) is 5.75 Å². The van der Waals surface area contributed by atoms with Crippen molar-refractivity contribution in [2.75, 3.05) is 17.7 Å². The Hall–Kier alpha value is -1.16. The normalized spacial score (nSPS) is 15.7. The molecule has 1 aliphatic carbocycles. The lowest BCUT2D eigenvalue weighted by Crippen LogP contribution is -2.15. The lowest BCUT2D eigenvalue weighted by Gasteiger charge is -2.20. The number of carbonyl (C=O) groups is 1. The van der Waals surface area contributed by atoms with E-state index < -0.39 is 0 Å². The van der Waals surface area contributed by atoms with Crippen molar-refractivity contribution in [1.82, 2.24) is 0 Å². The molecule has 0 spiro atoms. The van der Waals surface area contributed by atoms with Crippen molar-refractivity contribution in [3.63, 3.8) is 0 Å². The number of ether oxygens (including phenoxy) is 1. The van der Waals surface area contributed by atoms with E-state index in [2.05, 4.69) is 5.32 Å². The molecule has 3 nitrogen and oxygen atoms in total. The molecule has 4 heteroatoms. The van der Waals surface area contributed by atoms with Crippen LogP contribution < -0.4 is 10.1 Å². The number of amides is 1. The molecule has 21 heavy (non-hydrogen) atoms. The second-order valence-corrected chi connectivity index (χ2v) is 6.77. The van der Waals surface area contributed by atoms with Gasteiger partial charge in [-0.2, -0.15) is 11.8 Å². The van der Waals surface area contributed by atoms with Crippen LogP contribution in [0.2, 0.25) is 0 Å². The number of nitrogens with one attached hydrogen (secondary N) is 1. The Morgan fingerprint density at radius 1 is 1.29 bits per heavy atom. The third kappa shape index (κ3) is 5.62. The summed E-state index contributed by atoms with van der Waals surface area (Å²) in [6.45, 7) is 2.55. The Balaban J connectivity index is 1.73. The summed E-state index contributed by atoms with van der Waals surface area (Å²) >= 11 is 1.96. The van der Waals surface area contributed by atoms with Gasteiger partial charge in [0.15, 0.2) is 0 Å². The van der Waals surface area contributed by atoms with Crippen molar-refractivity contribution in [2.24, 2.45) is 0 Å². The Morgan fingerprint density at radius 2 is 2.05 bits per heavy atom. The average Bonchev–Trinajstić information content (AvgIpc) is 2.50. The SMILES string of the molecule is CCOc1ccccc1NC(=O)CCSC1CCCCC1. The first kappa shape index (κ1) is 16.2. The number of hydrogen-bond acceptors (Lipinski definition) is 3. The van der Waals surface area contributed by atoms with Crippen molar-refractivity contribution < 1.29 is 9.53 Å². The van der Waals surface area contributed by atoms with Crippen LogP contribution in [0.25, 0.3) is 0 Å². The van der Waals surface area contributed by atoms with Crippen LogP contribution in [-0.4, -0.2) is 23.5 Å². The highest BCUT2D eigenvalue weighted by atomic mass is 32.2. The number of hydrogen-bond donors (Lipinski definition) is 1. The van der Waals surface area contributed by atoms with Crippen LogP contribution in [0.15, 0.2) is 24.3 Å². The van der Waals surface area contributed by atoms with Crippen LogP contribution >= 0.6 is 11.8 Å². The minimum atomic E-state index is 0.0745. The van der Waals surface area contributed by atoms with Gasteiger partial charge in [-0.1, -0.05) is 31.4 Å². The van der Waals surface area contributed by atoms with E-state index in [0.29, 0.717) is 13.0 Å². The second-order valence-electron chi connectivity index (χ2n) is 5.36. The quantitative estimate of drug-likeness (QED) is 0.807. The Bertz CT molecular complexity index is 444. The van der Waals surface area contributed by atoms with Gasteiger partial charge in [0.25, 0.3) is 0 Å². The van der Waals surface area contributed by atoms with Crippen molar-refractivity contribution >= 4 is 23.4 Å². The molecule has 0 heterocycles. The molecule has 0 aromatic heterocycles. The highest BCUT2D eigenvalue weighted by Gasteiger charge is 2.14. The van der Waals surface area contributed by atoms with Gasteiger partial charge in [-0.3, -0.25) is 4.79 Å². The van der Waals surface area contributed by atoms with Gasteiger partial charge in [0.1, 0.15) is 5.75 Å². The third-order valence-corrected chi connectivity index (χ3v) is 5.08. The highest BCUT2D eigenvalue weighted by Crippen LogP contribution is 2.29. The lowest BCUT2D eigenvalue weighted by molar-refractivity contribution is -0.115. The maximum absolute atomic E-state index is 12.0. The molecule has 0 unspecified atom stereocenters. The molecule has 1 aromatic carbocycles. The first-order valence-corrected chi connectivity index (χ1v) is 8.97. The molecular weight excluding hydrogens is 282 g/mol. The molecule has 1 N–H and O–H groups in total. The van der Waals surface area contributed by atoms with Gasteiger partial charge in [0, 0.05) is 17.4 Å². The number of benzene rings is 1. The topological polar surface area (TPSA) is 38.3 Å². The fourth-order valence-electron chi connectivity index (χ4n) is 2.61. The van der Waals surface area contributed by atoms with Gasteiger partial charge < -0.3 is 10.1 Å². The highest BCUT2D eigenvalue weighted by molar-refractivity contribution is 7.99. The van der Waals surface area contributed by atoms with Crippen LogP contribution in [0.3, 0.4) is 0 Å². The van der Waals surface area contributed by atoms with E-state index in [9.17, 15) is 4.79 Å². The van der Waals surface area contributed by atoms with Crippen molar-refractivity contribution in [2.45, 2.75) is 50.7 Å². The Kier molecular flexibility index (Phi) is 6.93. The predicted octanol–water partition coefficient (Wildman–Crippen LogP) is 4.48.